The standard InChI is InChI=1S/C10H16BN3O3/c1-9(2)10(3,4)17-11(16-9)8-7(6-15)12-14(5)13-8/h6H,1-5H3. The van der Waals surface area contributed by atoms with Crippen LogP contribution in [0, 0.1) is 0 Å². The van der Waals surface area contributed by atoms with E-state index in [1.54, 1.807) is 7.05 Å². The number of carbonyl (C=O) groups excluding carboxylic acids is 1. The average Bonchev–Trinajstić information content (AvgIpc) is 2.65. The third kappa shape index (κ3) is 1.89. The average molecular weight is 237 g/mol. The Morgan fingerprint density at radius 2 is 1.71 bits per heavy atom. The topological polar surface area (TPSA) is 66.2 Å². The van der Waals surface area contributed by atoms with E-state index in [0.29, 0.717) is 11.9 Å². The molecule has 0 N–H and O–H groups in total. The summed E-state index contributed by atoms with van der Waals surface area (Å²) in [4.78, 5) is 12.2. The molecule has 0 atom stereocenters. The van der Waals surface area contributed by atoms with E-state index in [1.807, 2.05) is 27.7 Å². The second-order valence-electron chi connectivity index (χ2n) is 5.17. The Hall–Kier alpha value is -1.21. The monoisotopic (exact) mass is 237 g/mol. The highest BCUT2D eigenvalue weighted by atomic mass is 16.7. The summed E-state index contributed by atoms with van der Waals surface area (Å²) >= 11 is 0. The highest BCUT2D eigenvalue weighted by Gasteiger charge is 2.53. The smallest absolute Gasteiger partial charge is 0.398 e. The first-order valence-corrected chi connectivity index (χ1v) is 5.49. The van der Waals surface area contributed by atoms with Crippen molar-refractivity contribution in [1.29, 1.82) is 0 Å². The Morgan fingerprint density at radius 3 is 2.18 bits per heavy atom. The zero-order chi connectivity index (χ0) is 12.8. The highest BCUT2D eigenvalue weighted by Crippen LogP contribution is 2.36. The van der Waals surface area contributed by atoms with Crippen LogP contribution in [0.15, 0.2) is 0 Å². The van der Waals surface area contributed by atoms with Crippen LogP contribution >= 0.6 is 0 Å². The SMILES string of the molecule is Cn1nc(C=O)c(B2OC(C)(C)C(C)(C)O2)n1. The molecule has 0 unspecified atom stereocenters. The van der Waals surface area contributed by atoms with E-state index < -0.39 is 18.3 Å². The van der Waals surface area contributed by atoms with Gasteiger partial charge in [-0.2, -0.15) is 15.0 Å². The number of aryl methyl sites for hydroxylation is 1. The first kappa shape index (κ1) is 12.3. The van der Waals surface area contributed by atoms with Gasteiger partial charge in [-0.25, -0.2) is 0 Å². The van der Waals surface area contributed by atoms with Crippen LogP contribution < -0.4 is 5.59 Å². The molecule has 92 valence electrons. The number of aldehydes is 1. The molecule has 0 spiro atoms. The molecule has 0 amide bonds. The fraction of sp³-hybridized carbons (Fsp3) is 0.700. The Bertz CT molecular complexity index is 440. The summed E-state index contributed by atoms with van der Waals surface area (Å²) in [5.74, 6) is 0. The Labute approximate surface area is 100 Å². The molecule has 17 heavy (non-hydrogen) atoms. The highest BCUT2D eigenvalue weighted by molar-refractivity contribution is 6.62. The van der Waals surface area contributed by atoms with Gasteiger partial charge in [-0.1, -0.05) is 0 Å². The van der Waals surface area contributed by atoms with Gasteiger partial charge < -0.3 is 9.31 Å². The van der Waals surface area contributed by atoms with Gasteiger partial charge in [0.1, 0.15) is 11.3 Å². The van der Waals surface area contributed by atoms with Crippen LogP contribution in [-0.2, 0) is 16.4 Å². The summed E-state index contributed by atoms with van der Waals surface area (Å²) < 4.78 is 11.6. The lowest BCUT2D eigenvalue weighted by Gasteiger charge is -2.32. The molecular formula is C10H16BN3O3. The molecular weight excluding hydrogens is 221 g/mol. The van der Waals surface area contributed by atoms with Crippen molar-refractivity contribution in [2.24, 2.45) is 7.05 Å². The fourth-order valence-corrected chi connectivity index (χ4v) is 1.64. The van der Waals surface area contributed by atoms with Gasteiger partial charge in [0.05, 0.1) is 11.2 Å². The number of hydrogen-bond acceptors (Lipinski definition) is 5. The molecule has 1 aromatic heterocycles. The van der Waals surface area contributed by atoms with Crippen molar-refractivity contribution >= 4 is 19.0 Å². The van der Waals surface area contributed by atoms with Gasteiger partial charge >= 0.3 is 7.12 Å². The lowest BCUT2D eigenvalue weighted by atomic mass is 9.83. The van der Waals surface area contributed by atoms with Crippen LogP contribution in [0.2, 0.25) is 0 Å². The predicted molar refractivity (Wildman–Crippen MR) is 62.1 cm³/mol. The zero-order valence-electron chi connectivity index (χ0n) is 10.7. The maximum Gasteiger partial charge on any atom is 0.518 e. The molecule has 1 aliphatic rings. The normalized spacial score (nSPS) is 21.8. The Balaban J connectivity index is 2.35. The van der Waals surface area contributed by atoms with Crippen LogP contribution in [0.1, 0.15) is 38.2 Å². The molecule has 1 fully saturated rings. The van der Waals surface area contributed by atoms with Crippen LogP contribution in [0.4, 0.5) is 0 Å². The van der Waals surface area contributed by atoms with Crippen molar-refractivity contribution in [3.05, 3.63) is 5.69 Å². The Morgan fingerprint density at radius 1 is 1.18 bits per heavy atom. The van der Waals surface area contributed by atoms with Gasteiger partial charge in [-0.05, 0) is 27.7 Å². The number of aromatic nitrogens is 3. The minimum Gasteiger partial charge on any atom is -0.398 e. The molecule has 0 saturated carbocycles. The summed E-state index contributed by atoms with van der Waals surface area (Å²) in [5.41, 5.74) is -0.211. The van der Waals surface area contributed by atoms with E-state index in [2.05, 4.69) is 10.2 Å². The fourth-order valence-electron chi connectivity index (χ4n) is 1.64. The van der Waals surface area contributed by atoms with Crippen molar-refractivity contribution in [3.8, 4) is 0 Å². The molecule has 0 aliphatic carbocycles. The van der Waals surface area contributed by atoms with Gasteiger partial charge in [0.25, 0.3) is 0 Å². The summed E-state index contributed by atoms with van der Waals surface area (Å²) in [6, 6.07) is 0. The van der Waals surface area contributed by atoms with E-state index in [1.165, 1.54) is 4.80 Å². The third-order valence-electron chi connectivity index (χ3n) is 3.36. The molecule has 0 aromatic carbocycles. The Kier molecular flexibility index (Phi) is 2.63. The summed E-state index contributed by atoms with van der Waals surface area (Å²) in [6.07, 6.45) is 0.660. The molecule has 6 nitrogen and oxygen atoms in total. The number of nitrogens with zero attached hydrogens (tertiary/aromatic N) is 3. The van der Waals surface area contributed by atoms with Gasteiger partial charge in [0.15, 0.2) is 6.29 Å². The molecule has 0 radical (unpaired) electrons. The molecule has 0 bridgehead atoms. The molecule has 2 heterocycles. The van der Waals surface area contributed by atoms with E-state index in [4.69, 9.17) is 9.31 Å². The lowest BCUT2D eigenvalue weighted by molar-refractivity contribution is 0.00578. The van der Waals surface area contributed by atoms with Crippen molar-refractivity contribution in [1.82, 2.24) is 15.0 Å². The molecule has 1 saturated heterocycles. The first-order valence-electron chi connectivity index (χ1n) is 5.49. The van der Waals surface area contributed by atoms with Crippen molar-refractivity contribution in [3.63, 3.8) is 0 Å². The number of carbonyl (C=O) groups is 1. The maximum absolute atomic E-state index is 10.9. The quantitative estimate of drug-likeness (QED) is 0.532. The zero-order valence-corrected chi connectivity index (χ0v) is 10.7. The van der Waals surface area contributed by atoms with Gasteiger partial charge in [0.2, 0.25) is 0 Å². The second-order valence-corrected chi connectivity index (χ2v) is 5.17. The molecule has 1 aromatic rings. The summed E-state index contributed by atoms with van der Waals surface area (Å²) in [6.45, 7) is 7.79. The second kappa shape index (κ2) is 3.64. The van der Waals surface area contributed by atoms with E-state index in [-0.39, 0.29) is 5.69 Å². The molecule has 1 aliphatic heterocycles. The molecule has 7 heteroatoms. The molecule has 2 rings (SSSR count). The van der Waals surface area contributed by atoms with Crippen LogP contribution in [0.3, 0.4) is 0 Å². The summed E-state index contributed by atoms with van der Waals surface area (Å²) in [5, 5.41) is 8.07. The first-order chi connectivity index (χ1) is 7.77. The van der Waals surface area contributed by atoms with E-state index >= 15 is 0 Å². The van der Waals surface area contributed by atoms with Gasteiger partial charge in [-0.15, -0.1) is 0 Å². The lowest BCUT2D eigenvalue weighted by Crippen LogP contribution is -2.41. The maximum atomic E-state index is 10.9. The predicted octanol–water partition coefficient (Wildman–Crippen LogP) is -0.0732. The number of hydrogen-bond donors (Lipinski definition) is 0. The van der Waals surface area contributed by atoms with Crippen molar-refractivity contribution < 1.29 is 14.1 Å². The number of rotatable bonds is 2. The van der Waals surface area contributed by atoms with Crippen molar-refractivity contribution in [2.75, 3.05) is 0 Å². The van der Waals surface area contributed by atoms with E-state index in [9.17, 15) is 4.79 Å². The van der Waals surface area contributed by atoms with Crippen LogP contribution in [0.5, 0.6) is 0 Å². The van der Waals surface area contributed by atoms with Gasteiger partial charge in [-0.3, -0.25) is 4.79 Å². The summed E-state index contributed by atoms with van der Waals surface area (Å²) in [7, 11) is 1.01. The minimum atomic E-state index is -0.645. The third-order valence-corrected chi connectivity index (χ3v) is 3.36. The van der Waals surface area contributed by atoms with Crippen LogP contribution in [-0.4, -0.2) is 39.6 Å². The van der Waals surface area contributed by atoms with E-state index in [0.717, 1.165) is 0 Å². The van der Waals surface area contributed by atoms with Crippen molar-refractivity contribution in [2.45, 2.75) is 38.9 Å². The minimum absolute atomic E-state index is 0.256. The largest absolute Gasteiger partial charge is 0.518 e. The van der Waals surface area contributed by atoms with Gasteiger partial charge in [0, 0.05) is 7.05 Å². The van der Waals surface area contributed by atoms with Crippen LogP contribution in [0.25, 0.3) is 0 Å².